The maximum absolute atomic E-state index is 5.85. The van der Waals surface area contributed by atoms with Crippen molar-refractivity contribution in [1.29, 1.82) is 0 Å². The van der Waals surface area contributed by atoms with Crippen LogP contribution in [0.1, 0.15) is 37.3 Å². The van der Waals surface area contributed by atoms with Crippen molar-refractivity contribution in [3.8, 4) is 5.75 Å². The lowest BCUT2D eigenvalue weighted by atomic mass is 10.0. The van der Waals surface area contributed by atoms with Gasteiger partial charge in [-0.2, -0.15) is 0 Å². The van der Waals surface area contributed by atoms with Gasteiger partial charge in [-0.1, -0.05) is 22.0 Å². The Hall–Kier alpha value is -0.580. The van der Waals surface area contributed by atoms with E-state index in [2.05, 4.69) is 51.4 Å². The molecule has 1 aromatic carbocycles. The highest BCUT2D eigenvalue weighted by atomic mass is 79.9. The fourth-order valence-corrected chi connectivity index (χ4v) is 3.21. The lowest BCUT2D eigenvalue weighted by molar-refractivity contribution is 0.307. The van der Waals surface area contributed by atoms with E-state index in [1.165, 1.54) is 18.4 Å². The number of nitrogens with one attached hydrogen (secondary N) is 1. The van der Waals surface area contributed by atoms with Gasteiger partial charge in [-0.3, -0.25) is 0 Å². The predicted molar refractivity (Wildman–Crippen MR) is 85.3 cm³/mol. The van der Waals surface area contributed by atoms with Crippen molar-refractivity contribution >= 4 is 15.9 Å². The largest absolute Gasteiger partial charge is 0.493 e. The minimum absolute atomic E-state index is 0.424. The minimum Gasteiger partial charge on any atom is -0.493 e. The third-order valence-corrected chi connectivity index (χ3v) is 4.76. The van der Waals surface area contributed by atoms with Gasteiger partial charge in [0.1, 0.15) is 5.75 Å². The number of fused-ring (bicyclic) bond motifs is 1. The van der Waals surface area contributed by atoms with Gasteiger partial charge in [0.05, 0.1) is 6.61 Å². The van der Waals surface area contributed by atoms with Crippen LogP contribution in [0.4, 0.5) is 0 Å². The summed E-state index contributed by atoms with van der Waals surface area (Å²) in [5.41, 5.74) is 1.31. The average Bonchev–Trinajstić information content (AvgIpc) is 3.25. The zero-order valence-electron chi connectivity index (χ0n) is 12.1. The van der Waals surface area contributed by atoms with Crippen LogP contribution < -0.4 is 10.1 Å². The summed E-state index contributed by atoms with van der Waals surface area (Å²) in [6.45, 7) is 3.00. The fraction of sp³-hybridized carbons (Fsp3) is 0.625. The molecule has 0 bridgehead atoms. The number of hydrogen-bond acceptors (Lipinski definition) is 3. The molecule has 4 heteroatoms. The molecule has 0 amide bonds. The van der Waals surface area contributed by atoms with Crippen LogP contribution in [0, 0.1) is 0 Å². The van der Waals surface area contributed by atoms with E-state index in [-0.39, 0.29) is 0 Å². The van der Waals surface area contributed by atoms with Crippen LogP contribution in [0.3, 0.4) is 0 Å². The van der Waals surface area contributed by atoms with E-state index in [0.29, 0.717) is 6.04 Å². The highest BCUT2D eigenvalue weighted by Crippen LogP contribution is 2.33. The highest BCUT2D eigenvalue weighted by Gasteiger charge is 2.26. The Kier molecular flexibility index (Phi) is 4.64. The first-order chi connectivity index (χ1) is 9.74. The molecule has 0 radical (unpaired) electrons. The molecular weight excluding hydrogens is 316 g/mol. The summed E-state index contributed by atoms with van der Waals surface area (Å²) in [4.78, 5) is 2.47. The normalized spacial score (nSPS) is 22.2. The maximum Gasteiger partial charge on any atom is 0.125 e. The molecule has 3 nitrogen and oxygen atoms in total. The zero-order chi connectivity index (χ0) is 13.9. The van der Waals surface area contributed by atoms with Gasteiger partial charge in [0.15, 0.2) is 0 Å². The molecule has 1 N–H and O–H groups in total. The molecule has 1 atom stereocenters. The van der Waals surface area contributed by atoms with Crippen molar-refractivity contribution in [2.24, 2.45) is 0 Å². The van der Waals surface area contributed by atoms with Crippen LogP contribution in [0.25, 0.3) is 0 Å². The van der Waals surface area contributed by atoms with Gasteiger partial charge in [-0.05, 0) is 44.9 Å². The molecule has 1 heterocycles. The maximum atomic E-state index is 5.85. The Balaban J connectivity index is 1.60. The SMILES string of the molecule is CN(CCNC1CCCOc2cc(Br)ccc21)C1CC1. The van der Waals surface area contributed by atoms with Crippen molar-refractivity contribution in [3.63, 3.8) is 0 Å². The fourth-order valence-electron chi connectivity index (χ4n) is 2.87. The van der Waals surface area contributed by atoms with Crippen LogP contribution in [-0.4, -0.2) is 37.7 Å². The molecule has 3 rings (SSSR count). The van der Waals surface area contributed by atoms with Crippen molar-refractivity contribution in [1.82, 2.24) is 10.2 Å². The second kappa shape index (κ2) is 6.46. The Labute approximate surface area is 129 Å². The predicted octanol–water partition coefficient (Wildman–Crippen LogP) is 3.35. The van der Waals surface area contributed by atoms with Crippen LogP contribution in [0.2, 0.25) is 0 Å². The molecule has 0 aromatic heterocycles. The van der Waals surface area contributed by atoms with E-state index in [9.17, 15) is 0 Å². The Bertz CT molecular complexity index is 462. The Morgan fingerprint density at radius 2 is 2.20 bits per heavy atom. The van der Waals surface area contributed by atoms with E-state index >= 15 is 0 Å². The topological polar surface area (TPSA) is 24.5 Å². The molecular formula is C16H23BrN2O. The van der Waals surface area contributed by atoms with E-state index in [4.69, 9.17) is 4.74 Å². The van der Waals surface area contributed by atoms with Gasteiger partial charge in [0.2, 0.25) is 0 Å². The second-order valence-electron chi connectivity index (χ2n) is 5.89. The number of nitrogens with zero attached hydrogens (tertiary/aromatic N) is 1. The number of likely N-dealkylation sites (N-methyl/N-ethyl adjacent to an activating group) is 1. The van der Waals surface area contributed by atoms with Gasteiger partial charge >= 0.3 is 0 Å². The summed E-state index contributed by atoms with van der Waals surface area (Å²) < 4.78 is 6.94. The molecule has 110 valence electrons. The average molecular weight is 339 g/mol. The summed E-state index contributed by atoms with van der Waals surface area (Å²) in [7, 11) is 2.24. The second-order valence-corrected chi connectivity index (χ2v) is 6.81. The number of halogens is 1. The summed E-state index contributed by atoms with van der Waals surface area (Å²) >= 11 is 3.52. The van der Waals surface area contributed by atoms with Gasteiger partial charge in [0, 0.05) is 35.2 Å². The van der Waals surface area contributed by atoms with Gasteiger partial charge < -0.3 is 15.0 Å². The zero-order valence-corrected chi connectivity index (χ0v) is 13.7. The van der Waals surface area contributed by atoms with Crippen molar-refractivity contribution in [2.75, 3.05) is 26.7 Å². The number of ether oxygens (including phenoxy) is 1. The lowest BCUT2D eigenvalue weighted by Gasteiger charge is -2.21. The first kappa shape index (κ1) is 14.4. The first-order valence-corrected chi connectivity index (χ1v) is 8.39. The van der Waals surface area contributed by atoms with Crippen molar-refractivity contribution < 1.29 is 4.74 Å². The van der Waals surface area contributed by atoms with E-state index in [1.54, 1.807) is 0 Å². The van der Waals surface area contributed by atoms with E-state index in [0.717, 1.165) is 48.8 Å². The van der Waals surface area contributed by atoms with Crippen LogP contribution in [0.15, 0.2) is 22.7 Å². The van der Waals surface area contributed by atoms with E-state index in [1.807, 2.05) is 0 Å². The highest BCUT2D eigenvalue weighted by molar-refractivity contribution is 9.10. The molecule has 1 fully saturated rings. The third kappa shape index (κ3) is 3.54. The number of benzene rings is 1. The monoisotopic (exact) mass is 338 g/mol. The standard InChI is InChI=1S/C16H23BrN2O/c1-19(13-5-6-13)9-8-18-15-3-2-10-20-16-11-12(17)4-7-14(15)16/h4,7,11,13,15,18H,2-3,5-6,8-10H2,1H3. The number of rotatable bonds is 5. The Morgan fingerprint density at radius 3 is 3.00 bits per heavy atom. The molecule has 1 aromatic rings. The summed E-state index contributed by atoms with van der Waals surface area (Å²) in [5, 5.41) is 3.71. The third-order valence-electron chi connectivity index (χ3n) is 4.27. The lowest BCUT2D eigenvalue weighted by Crippen LogP contribution is -2.32. The quantitative estimate of drug-likeness (QED) is 0.890. The molecule has 20 heavy (non-hydrogen) atoms. The summed E-state index contributed by atoms with van der Waals surface area (Å²) in [5.74, 6) is 1.03. The molecule has 2 aliphatic rings. The van der Waals surface area contributed by atoms with Crippen LogP contribution in [-0.2, 0) is 0 Å². The minimum atomic E-state index is 0.424. The molecule has 1 aliphatic carbocycles. The Morgan fingerprint density at radius 1 is 1.35 bits per heavy atom. The van der Waals surface area contributed by atoms with Gasteiger partial charge in [-0.25, -0.2) is 0 Å². The molecule has 0 saturated heterocycles. The first-order valence-electron chi connectivity index (χ1n) is 7.60. The number of hydrogen-bond donors (Lipinski definition) is 1. The van der Waals surface area contributed by atoms with Gasteiger partial charge in [-0.15, -0.1) is 0 Å². The van der Waals surface area contributed by atoms with Gasteiger partial charge in [0.25, 0.3) is 0 Å². The molecule has 1 saturated carbocycles. The summed E-state index contributed by atoms with van der Waals surface area (Å²) in [6, 6.07) is 7.66. The van der Waals surface area contributed by atoms with Crippen molar-refractivity contribution in [2.45, 2.75) is 37.8 Å². The molecule has 1 aliphatic heterocycles. The van der Waals surface area contributed by atoms with E-state index < -0.39 is 0 Å². The summed E-state index contributed by atoms with van der Waals surface area (Å²) in [6.07, 6.45) is 5.03. The van der Waals surface area contributed by atoms with Crippen LogP contribution >= 0.6 is 15.9 Å². The molecule has 0 spiro atoms. The smallest absolute Gasteiger partial charge is 0.125 e. The molecule has 1 unspecified atom stereocenters. The van der Waals surface area contributed by atoms with Crippen molar-refractivity contribution in [3.05, 3.63) is 28.2 Å². The van der Waals surface area contributed by atoms with Crippen LogP contribution in [0.5, 0.6) is 5.75 Å².